The van der Waals surface area contributed by atoms with Crippen LogP contribution in [-0.4, -0.2) is 12.3 Å². The van der Waals surface area contributed by atoms with Crippen LogP contribution >= 0.6 is 15.8 Å². The first-order chi connectivity index (χ1) is 14.4. The summed E-state index contributed by atoms with van der Waals surface area (Å²) in [6, 6.07) is 44.3. The molecule has 0 amide bonds. The molecule has 3 heteroatoms. The van der Waals surface area contributed by atoms with E-state index in [2.05, 4.69) is 121 Å². The molecule has 4 rings (SSSR count). The summed E-state index contributed by atoms with van der Waals surface area (Å²) in [6.45, 7) is 0. The minimum Gasteiger partial charge on any atom is -0.0622 e. The SMILES string of the molecule is [Pd].c1ccc(P(CCCP(c2ccccc2)c2ccccc2)c2ccccc2)cc1. The van der Waals surface area contributed by atoms with E-state index in [1.165, 1.54) is 40.0 Å². The van der Waals surface area contributed by atoms with Gasteiger partial charge in [0, 0.05) is 20.4 Å². The van der Waals surface area contributed by atoms with Crippen molar-refractivity contribution in [2.24, 2.45) is 0 Å². The smallest absolute Gasteiger partial charge is 0 e. The number of rotatable bonds is 8. The molecular formula is C27H26P2Pd. The van der Waals surface area contributed by atoms with Crippen molar-refractivity contribution in [3.63, 3.8) is 0 Å². The molecule has 0 saturated heterocycles. The van der Waals surface area contributed by atoms with E-state index in [1.54, 1.807) is 0 Å². The van der Waals surface area contributed by atoms with E-state index >= 15 is 0 Å². The Morgan fingerprint density at radius 3 is 0.833 bits per heavy atom. The van der Waals surface area contributed by atoms with Crippen molar-refractivity contribution in [3.05, 3.63) is 121 Å². The minimum atomic E-state index is -0.309. The summed E-state index contributed by atoms with van der Waals surface area (Å²) in [6.07, 6.45) is 3.72. The summed E-state index contributed by atoms with van der Waals surface area (Å²) >= 11 is 0. The van der Waals surface area contributed by atoms with E-state index < -0.39 is 0 Å². The van der Waals surface area contributed by atoms with Crippen LogP contribution < -0.4 is 21.2 Å². The fraction of sp³-hybridized carbons (Fsp3) is 0.111. The van der Waals surface area contributed by atoms with E-state index in [0.717, 1.165) is 0 Å². The predicted molar refractivity (Wildman–Crippen MR) is 132 cm³/mol. The zero-order valence-electron chi connectivity index (χ0n) is 16.9. The van der Waals surface area contributed by atoms with Crippen LogP contribution in [0.15, 0.2) is 121 Å². The van der Waals surface area contributed by atoms with Gasteiger partial charge in [-0.1, -0.05) is 121 Å². The normalized spacial score (nSPS) is 10.7. The molecule has 154 valence electrons. The predicted octanol–water partition coefficient (Wildman–Crippen LogP) is 5.64. The molecule has 0 fully saturated rings. The molecule has 0 heterocycles. The fourth-order valence-corrected chi connectivity index (χ4v) is 8.59. The Kier molecular flexibility index (Phi) is 9.46. The third-order valence-corrected chi connectivity index (χ3v) is 10.2. The topological polar surface area (TPSA) is 0 Å². The van der Waals surface area contributed by atoms with Crippen molar-refractivity contribution in [1.82, 2.24) is 0 Å². The van der Waals surface area contributed by atoms with Gasteiger partial charge in [-0.05, 0) is 55.8 Å². The Bertz CT molecular complexity index is 814. The molecule has 0 aliphatic heterocycles. The maximum atomic E-state index is 2.30. The molecule has 0 saturated carbocycles. The second-order valence-corrected chi connectivity index (χ2v) is 11.7. The van der Waals surface area contributed by atoms with Crippen LogP contribution in [0.3, 0.4) is 0 Å². The maximum Gasteiger partial charge on any atom is 0 e. The van der Waals surface area contributed by atoms with Crippen LogP contribution in [0.25, 0.3) is 0 Å². The molecule has 4 aromatic carbocycles. The summed E-state index contributed by atoms with van der Waals surface area (Å²) in [4.78, 5) is 0. The monoisotopic (exact) mass is 518 g/mol. The van der Waals surface area contributed by atoms with Crippen molar-refractivity contribution >= 4 is 37.1 Å². The second-order valence-electron chi connectivity index (χ2n) is 7.00. The molecule has 0 aliphatic carbocycles. The Labute approximate surface area is 196 Å². The first kappa shape index (κ1) is 23.1. The summed E-state index contributed by atoms with van der Waals surface area (Å²) < 4.78 is 0. The van der Waals surface area contributed by atoms with Gasteiger partial charge < -0.3 is 0 Å². The van der Waals surface area contributed by atoms with Crippen LogP contribution in [0, 0.1) is 0 Å². The summed E-state index contributed by atoms with van der Waals surface area (Å²) in [5.74, 6) is 0. The summed E-state index contributed by atoms with van der Waals surface area (Å²) in [5, 5.41) is 5.94. The second kappa shape index (κ2) is 12.3. The molecule has 0 aliphatic rings. The Morgan fingerprint density at radius 2 is 0.600 bits per heavy atom. The van der Waals surface area contributed by atoms with Crippen LogP contribution in [0.2, 0.25) is 0 Å². The van der Waals surface area contributed by atoms with Crippen LogP contribution in [0.4, 0.5) is 0 Å². The van der Waals surface area contributed by atoms with Crippen LogP contribution in [0.1, 0.15) is 6.42 Å². The number of hydrogen-bond donors (Lipinski definition) is 0. The van der Waals surface area contributed by atoms with Gasteiger partial charge in [0.2, 0.25) is 0 Å². The third-order valence-electron chi connectivity index (χ3n) is 5.03. The van der Waals surface area contributed by atoms with Gasteiger partial charge in [0.05, 0.1) is 0 Å². The van der Waals surface area contributed by atoms with Crippen molar-refractivity contribution < 1.29 is 20.4 Å². The van der Waals surface area contributed by atoms with Gasteiger partial charge in [-0.3, -0.25) is 0 Å². The van der Waals surface area contributed by atoms with E-state index in [-0.39, 0.29) is 36.3 Å². The largest absolute Gasteiger partial charge is 0.0622 e. The van der Waals surface area contributed by atoms with E-state index in [4.69, 9.17) is 0 Å². The average Bonchev–Trinajstić information content (AvgIpc) is 2.81. The molecule has 0 N–H and O–H groups in total. The molecule has 30 heavy (non-hydrogen) atoms. The fourth-order valence-electron chi connectivity index (χ4n) is 3.63. The van der Waals surface area contributed by atoms with Crippen molar-refractivity contribution in [1.29, 1.82) is 0 Å². The molecule has 0 spiro atoms. The van der Waals surface area contributed by atoms with E-state index in [0.29, 0.717) is 0 Å². The quantitative estimate of drug-likeness (QED) is 0.209. The first-order valence-corrected chi connectivity index (χ1v) is 13.2. The zero-order chi connectivity index (χ0) is 19.7. The van der Waals surface area contributed by atoms with Crippen LogP contribution in [-0.2, 0) is 20.4 Å². The Hall–Kier alpha value is -1.60. The van der Waals surface area contributed by atoms with Gasteiger partial charge in [0.1, 0.15) is 0 Å². The molecule has 0 nitrogen and oxygen atoms in total. The first-order valence-electron chi connectivity index (χ1n) is 10.2. The molecule has 4 aromatic rings. The van der Waals surface area contributed by atoms with Crippen molar-refractivity contribution in [3.8, 4) is 0 Å². The minimum absolute atomic E-state index is 0. The van der Waals surface area contributed by atoms with Gasteiger partial charge in [-0.2, -0.15) is 0 Å². The van der Waals surface area contributed by atoms with Gasteiger partial charge in [-0.25, -0.2) is 0 Å². The van der Waals surface area contributed by atoms with Crippen molar-refractivity contribution in [2.75, 3.05) is 12.3 Å². The zero-order valence-corrected chi connectivity index (χ0v) is 20.2. The number of hydrogen-bond acceptors (Lipinski definition) is 0. The Balaban J connectivity index is 0.00000256. The van der Waals surface area contributed by atoms with Gasteiger partial charge in [0.25, 0.3) is 0 Å². The van der Waals surface area contributed by atoms with Gasteiger partial charge >= 0.3 is 0 Å². The van der Waals surface area contributed by atoms with Gasteiger partial charge in [0.15, 0.2) is 0 Å². The van der Waals surface area contributed by atoms with Crippen LogP contribution in [0.5, 0.6) is 0 Å². The van der Waals surface area contributed by atoms with E-state index in [1.807, 2.05) is 0 Å². The molecule has 0 radical (unpaired) electrons. The summed E-state index contributed by atoms with van der Waals surface area (Å²) in [7, 11) is -0.618. The molecule has 0 unspecified atom stereocenters. The molecule has 0 bridgehead atoms. The third kappa shape index (κ3) is 6.20. The number of benzene rings is 4. The van der Waals surface area contributed by atoms with Crippen molar-refractivity contribution in [2.45, 2.75) is 6.42 Å². The molecule has 0 atom stereocenters. The van der Waals surface area contributed by atoms with Gasteiger partial charge in [-0.15, -0.1) is 0 Å². The summed E-state index contributed by atoms with van der Waals surface area (Å²) in [5.41, 5.74) is 0. The maximum absolute atomic E-state index is 2.30. The molecule has 0 aromatic heterocycles. The molecular weight excluding hydrogens is 493 g/mol. The standard InChI is InChI=1S/C27H26P2.Pd/c1-5-14-24(15-6-1)28(25-16-7-2-8-17-25)22-13-23-29(26-18-9-3-10-19-26)27-20-11-4-12-21-27;/h1-12,14-21H,13,22-23H2;. The Morgan fingerprint density at radius 1 is 0.367 bits per heavy atom. The van der Waals surface area contributed by atoms with E-state index in [9.17, 15) is 0 Å². The average molecular weight is 519 g/mol.